The minimum atomic E-state index is -0.995. The number of hydrogen-bond donors (Lipinski definition) is 0. The van der Waals surface area contributed by atoms with Crippen LogP contribution in [0.3, 0.4) is 0 Å². The Morgan fingerprint density at radius 3 is 1.49 bits per heavy atom. The lowest BCUT2D eigenvalue weighted by molar-refractivity contribution is -0.145. The summed E-state index contributed by atoms with van der Waals surface area (Å²) in [5, 5.41) is 0. The van der Waals surface area contributed by atoms with E-state index < -0.39 is 36.1 Å². The van der Waals surface area contributed by atoms with Crippen molar-refractivity contribution in [2.75, 3.05) is 41.2 Å². The molecular formula is C38H42O13. The van der Waals surface area contributed by atoms with Crippen LogP contribution in [0.25, 0.3) is 12.2 Å². The van der Waals surface area contributed by atoms with E-state index in [-0.39, 0.29) is 31.3 Å². The average Bonchev–Trinajstić information content (AvgIpc) is 3.09. The quantitative estimate of drug-likeness (QED) is 0.0875. The first-order valence-corrected chi connectivity index (χ1v) is 15.7. The third kappa shape index (κ3) is 12.8. The Morgan fingerprint density at radius 2 is 1.02 bits per heavy atom. The Morgan fingerprint density at radius 1 is 0.549 bits per heavy atom. The smallest absolute Gasteiger partial charge is 0.308 e. The van der Waals surface area contributed by atoms with Gasteiger partial charge in [-0.05, 0) is 59.7 Å². The van der Waals surface area contributed by atoms with Crippen LogP contribution < -0.4 is 28.4 Å². The van der Waals surface area contributed by atoms with Gasteiger partial charge in [0.05, 0.1) is 21.3 Å². The van der Waals surface area contributed by atoms with Crippen molar-refractivity contribution in [2.45, 2.75) is 39.9 Å². The number of ether oxygens (including phenoxy) is 9. The molecule has 0 unspecified atom stereocenters. The topological polar surface area (TPSA) is 151 Å². The molecule has 0 aromatic heterocycles. The van der Waals surface area contributed by atoms with Crippen LogP contribution in [0, 0.1) is 0 Å². The number of carbonyl (C=O) groups excluding carboxylic acids is 4. The molecule has 2 atom stereocenters. The zero-order chi connectivity index (χ0) is 37.3. The van der Waals surface area contributed by atoms with E-state index in [0.29, 0.717) is 28.6 Å². The summed E-state index contributed by atoms with van der Waals surface area (Å²) >= 11 is 0. The van der Waals surface area contributed by atoms with Gasteiger partial charge in [-0.15, -0.1) is 0 Å². The fourth-order valence-electron chi connectivity index (χ4n) is 4.61. The first-order chi connectivity index (χ1) is 24.4. The highest BCUT2D eigenvalue weighted by Gasteiger charge is 2.32. The van der Waals surface area contributed by atoms with E-state index in [0.717, 1.165) is 11.1 Å². The number of hydrogen-bond acceptors (Lipinski definition) is 13. The number of benzene rings is 3. The maximum atomic E-state index is 12.1. The van der Waals surface area contributed by atoms with Crippen molar-refractivity contribution in [1.82, 2.24) is 0 Å². The van der Waals surface area contributed by atoms with Crippen LogP contribution in [0.5, 0.6) is 34.5 Å². The minimum Gasteiger partial charge on any atom is -0.493 e. The number of carbonyl (C=O) groups is 4. The molecule has 0 spiro atoms. The van der Waals surface area contributed by atoms with Gasteiger partial charge in [-0.1, -0.05) is 30.4 Å². The number of esters is 4. The Kier molecular flexibility index (Phi) is 15.4. The molecule has 0 fully saturated rings. The average molecular weight is 707 g/mol. The van der Waals surface area contributed by atoms with E-state index in [1.54, 1.807) is 78.9 Å². The van der Waals surface area contributed by atoms with E-state index in [1.165, 1.54) is 49.0 Å². The van der Waals surface area contributed by atoms with Gasteiger partial charge in [0.15, 0.2) is 46.7 Å². The van der Waals surface area contributed by atoms with Crippen molar-refractivity contribution in [1.29, 1.82) is 0 Å². The van der Waals surface area contributed by atoms with Gasteiger partial charge >= 0.3 is 23.9 Å². The fourth-order valence-corrected chi connectivity index (χ4v) is 4.61. The molecule has 0 aliphatic carbocycles. The number of methoxy groups -OCH3 is 3. The molecule has 0 bridgehead atoms. The highest BCUT2D eigenvalue weighted by molar-refractivity contribution is 5.70. The van der Waals surface area contributed by atoms with Gasteiger partial charge < -0.3 is 42.6 Å². The second-order valence-electron chi connectivity index (χ2n) is 10.7. The van der Waals surface area contributed by atoms with E-state index in [2.05, 4.69) is 0 Å². The van der Waals surface area contributed by atoms with Crippen molar-refractivity contribution in [3.8, 4) is 34.5 Å². The van der Waals surface area contributed by atoms with Crippen LogP contribution in [-0.2, 0) is 33.4 Å². The van der Waals surface area contributed by atoms with Gasteiger partial charge in [0, 0.05) is 33.3 Å². The molecule has 51 heavy (non-hydrogen) atoms. The Labute approximate surface area is 296 Å². The molecule has 0 radical (unpaired) electrons. The normalized spacial score (nSPS) is 12.1. The molecule has 0 aliphatic heterocycles. The summed E-state index contributed by atoms with van der Waals surface area (Å²) in [5.74, 6) is -0.0803. The standard InChI is InChI=1S/C38H42O13/c1-24(39)46-18-8-10-28-12-15-32(34(20-28)43-5)50-37(23-48-26(3)41)38(30-14-17-31(49-27(4)42)36(22-30)45-7)51-33-16-13-29(21-35(33)44-6)11-9-19-47-25(2)40/h8-17,20-22,37-38H,18-19,23H2,1-7H3/b10-8+,11-9+/t37-,38+/m0/s1. The SMILES string of the molecule is COc1cc([C@@H](Oc2ccc(/C=C/COC(C)=O)cc2OC)[C@H](COC(C)=O)Oc2ccc(/C=C/COC(C)=O)cc2OC)ccc1OC(C)=O. The predicted octanol–water partition coefficient (Wildman–Crippen LogP) is 5.92. The monoisotopic (exact) mass is 706 g/mol. The molecule has 3 rings (SSSR count). The molecular weight excluding hydrogens is 664 g/mol. The van der Waals surface area contributed by atoms with Crippen LogP contribution in [0.15, 0.2) is 66.7 Å². The summed E-state index contributed by atoms with van der Waals surface area (Å²) in [4.78, 5) is 46.0. The first-order valence-electron chi connectivity index (χ1n) is 15.7. The molecule has 0 saturated heterocycles. The summed E-state index contributed by atoms with van der Waals surface area (Å²) in [7, 11) is 4.40. The maximum Gasteiger partial charge on any atom is 0.308 e. The molecule has 13 nitrogen and oxygen atoms in total. The second kappa shape index (κ2) is 19.9. The first kappa shape index (κ1) is 39.5. The van der Waals surface area contributed by atoms with Gasteiger partial charge in [0.2, 0.25) is 0 Å². The highest BCUT2D eigenvalue weighted by Crippen LogP contribution is 2.39. The molecule has 0 saturated carbocycles. The maximum absolute atomic E-state index is 12.1. The third-order valence-electron chi connectivity index (χ3n) is 6.85. The molecule has 0 heterocycles. The summed E-state index contributed by atoms with van der Waals surface area (Å²) in [6.45, 7) is 5.17. The molecule has 0 aliphatic rings. The summed E-state index contributed by atoms with van der Waals surface area (Å²) in [6, 6.07) is 15.2. The second-order valence-corrected chi connectivity index (χ2v) is 10.7. The van der Waals surface area contributed by atoms with Crippen molar-refractivity contribution < 1.29 is 61.8 Å². The van der Waals surface area contributed by atoms with Crippen LogP contribution >= 0.6 is 0 Å². The molecule has 0 amide bonds. The van der Waals surface area contributed by atoms with Crippen molar-refractivity contribution in [2.24, 2.45) is 0 Å². The molecule has 3 aromatic rings. The van der Waals surface area contributed by atoms with Crippen LogP contribution in [0.2, 0.25) is 0 Å². The van der Waals surface area contributed by atoms with Gasteiger partial charge in [0.25, 0.3) is 0 Å². The van der Waals surface area contributed by atoms with E-state index >= 15 is 0 Å². The van der Waals surface area contributed by atoms with Crippen molar-refractivity contribution >= 4 is 36.0 Å². The summed E-state index contributed by atoms with van der Waals surface area (Å²) in [6.07, 6.45) is 4.91. The predicted molar refractivity (Wildman–Crippen MR) is 186 cm³/mol. The molecule has 13 heteroatoms. The fraction of sp³-hybridized carbons (Fsp3) is 0.316. The van der Waals surface area contributed by atoms with Crippen LogP contribution in [-0.4, -0.2) is 71.1 Å². The van der Waals surface area contributed by atoms with E-state index in [1.807, 2.05) is 0 Å². The minimum absolute atomic E-state index is 0.104. The van der Waals surface area contributed by atoms with E-state index in [4.69, 9.17) is 42.6 Å². The van der Waals surface area contributed by atoms with Crippen LogP contribution in [0.1, 0.15) is 50.5 Å². The van der Waals surface area contributed by atoms with Gasteiger partial charge in [0.1, 0.15) is 19.8 Å². The largest absolute Gasteiger partial charge is 0.493 e. The van der Waals surface area contributed by atoms with Gasteiger partial charge in [-0.3, -0.25) is 19.2 Å². The highest BCUT2D eigenvalue weighted by atomic mass is 16.6. The van der Waals surface area contributed by atoms with Gasteiger partial charge in [-0.2, -0.15) is 0 Å². The third-order valence-corrected chi connectivity index (χ3v) is 6.85. The lowest BCUT2D eigenvalue weighted by Gasteiger charge is -2.30. The zero-order valence-electron chi connectivity index (χ0n) is 29.6. The van der Waals surface area contributed by atoms with Gasteiger partial charge in [-0.25, -0.2) is 0 Å². The Bertz CT molecular complexity index is 1730. The Balaban J connectivity index is 2.09. The lowest BCUT2D eigenvalue weighted by Crippen LogP contribution is -2.34. The molecule has 3 aromatic carbocycles. The summed E-state index contributed by atoms with van der Waals surface area (Å²) in [5.41, 5.74) is 2.00. The lowest BCUT2D eigenvalue weighted by atomic mass is 10.0. The molecule has 272 valence electrons. The van der Waals surface area contributed by atoms with E-state index in [9.17, 15) is 19.2 Å². The molecule has 0 N–H and O–H groups in total. The zero-order valence-corrected chi connectivity index (χ0v) is 29.6. The van der Waals surface area contributed by atoms with Crippen molar-refractivity contribution in [3.05, 3.63) is 83.4 Å². The Hall–Kier alpha value is -5.98. The van der Waals surface area contributed by atoms with Crippen LogP contribution in [0.4, 0.5) is 0 Å². The summed E-state index contributed by atoms with van der Waals surface area (Å²) < 4.78 is 50.6. The van der Waals surface area contributed by atoms with Crippen molar-refractivity contribution in [3.63, 3.8) is 0 Å². The number of rotatable bonds is 18.